The molecule has 2 saturated carbocycles. The van der Waals surface area contributed by atoms with Crippen LogP contribution in [0.15, 0.2) is 35.4 Å². The van der Waals surface area contributed by atoms with Gasteiger partial charge in [-0.3, -0.25) is 9.78 Å². The van der Waals surface area contributed by atoms with Crippen LogP contribution in [0, 0.1) is 5.82 Å². The summed E-state index contributed by atoms with van der Waals surface area (Å²) >= 11 is 0. The first-order valence-corrected chi connectivity index (χ1v) is 13.6. The number of nitrogens with zero attached hydrogens (tertiary/aromatic N) is 2. The highest BCUT2D eigenvalue weighted by Gasteiger charge is 2.39. The van der Waals surface area contributed by atoms with Gasteiger partial charge in [0.15, 0.2) is 0 Å². The lowest BCUT2D eigenvalue weighted by atomic mass is 10.0. The van der Waals surface area contributed by atoms with Gasteiger partial charge in [0.2, 0.25) is 10.0 Å². The summed E-state index contributed by atoms with van der Waals surface area (Å²) in [7, 11) is -4.51. The fraction of sp³-hybridized carbons (Fsp3) is 0.440. The molecule has 0 bridgehead atoms. The maximum atomic E-state index is 15.0. The van der Waals surface area contributed by atoms with Gasteiger partial charge >= 0.3 is 6.18 Å². The number of benzene rings is 1. The second kappa shape index (κ2) is 9.09. The summed E-state index contributed by atoms with van der Waals surface area (Å²) < 4.78 is 82.2. The van der Waals surface area contributed by atoms with Gasteiger partial charge in [0.1, 0.15) is 16.8 Å². The Morgan fingerprint density at radius 2 is 1.84 bits per heavy atom. The van der Waals surface area contributed by atoms with E-state index in [-0.39, 0.29) is 23.2 Å². The van der Waals surface area contributed by atoms with Crippen molar-refractivity contribution in [2.24, 2.45) is 5.73 Å². The number of rotatable bonds is 7. The monoisotopic (exact) mass is 538 g/mol. The molecule has 1 aromatic carbocycles. The van der Waals surface area contributed by atoms with Crippen LogP contribution in [-0.2, 0) is 10.0 Å². The summed E-state index contributed by atoms with van der Waals surface area (Å²) in [6.07, 6.45) is 1.57. The molecule has 0 saturated heterocycles. The number of hydrogen-bond acceptors (Lipinski definition) is 4. The first-order chi connectivity index (χ1) is 17.4. The van der Waals surface area contributed by atoms with Crippen LogP contribution in [0.3, 0.4) is 0 Å². The molecular formula is C25H26F4N4O3S. The van der Waals surface area contributed by atoms with Crippen LogP contribution >= 0.6 is 0 Å². The Balaban J connectivity index is 1.65. The number of nitrogens with one attached hydrogen (secondary N) is 1. The van der Waals surface area contributed by atoms with Crippen molar-refractivity contribution in [2.45, 2.75) is 74.5 Å². The quantitative estimate of drug-likeness (QED) is 0.405. The number of carbonyl (C=O) groups is 1. The third-order valence-corrected chi connectivity index (χ3v) is 8.71. The van der Waals surface area contributed by atoms with E-state index in [4.69, 9.17) is 5.73 Å². The summed E-state index contributed by atoms with van der Waals surface area (Å²) in [5, 5.41) is 0.357. The highest BCUT2D eigenvalue weighted by Crippen LogP contribution is 2.46. The summed E-state index contributed by atoms with van der Waals surface area (Å²) in [5.74, 6) is -1.06. The fourth-order valence-corrected chi connectivity index (χ4v) is 6.32. The number of nitrogens with two attached hydrogens (primary N) is 1. The number of primary amides is 1. The number of hydrogen-bond donors (Lipinski definition) is 2. The van der Waals surface area contributed by atoms with Crippen LogP contribution < -0.4 is 10.5 Å². The minimum Gasteiger partial charge on any atom is -0.366 e. The first-order valence-electron chi connectivity index (χ1n) is 12.1. The molecule has 2 heterocycles. The molecule has 3 aromatic rings. The smallest absolute Gasteiger partial charge is 0.366 e. The van der Waals surface area contributed by atoms with E-state index >= 15 is 4.39 Å². The van der Waals surface area contributed by atoms with Gasteiger partial charge in [0.25, 0.3) is 5.91 Å². The third kappa shape index (κ3) is 4.72. The van der Waals surface area contributed by atoms with Crippen LogP contribution in [0.4, 0.5) is 17.6 Å². The van der Waals surface area contributed by atoms with Gasteiger partial charge in [0.05, 0.1) is 22.5 Å². The topological polar surface area (TPSA) is 107 Å². The third-order valence-electron chi connectivity index (χ3n) is 7.19. The molecule has 2 aromatic heterocycles. The molecule has 1 atom stereocenters. The van der Waals surface area contributed by atoms with Crippen molar-refractivity contribution < 1.29 is 30.8 Å². The SMILES string of the molecule is C[C@@H](NS(=O)(=O)c1ccc(-c2c(C(N)=O)c3cc(F)c(C4CC4)cc3n2C2CCCC2)nc1)C(F)(F)F. The van der Waals surface area contributed by atoms with Gasteiger partial charge in [-0.25, -0.2) is 12.8 Å². The van der Waals surface area contributed by atoms with Crippen molar-refractivity contribution in [3.63, 3.8) is 0 Å². The van der Waals surface area contributed by atoms with Crippen molar-refractivity contribution in [2.75, 3.05) is 0 Å². The van der Waals surface area contributed by atoms with Crippen molar-refractivity contribution >= 4 is 26.8 Å². The summed E-state index contributed by atoms with van der Waals surface area (Å²) in [4.78, 5) is 16.4. The molecule has 3 N–H and O–H groups in total. The van der Waals surface area contributed by atoms with Gasteiger partial charge in [-0.15, -0.1) is 0 Å². The average molecular weight is 539 g/mol. The van der Waals surface area contributed by atoms with E-state index in [2.05, 4.69) is 4.98 Å². The molecule has 1 amide bonds. The van der Waals surface area contributed by atoms with Gasteiger partial charge < -0.3 is 10.3 Å². The second-order valence-electron chi connectivity index (χ2n) is 9.83. The van der Waals surface area contributed by atoms with E-state index in [9.17, 15) is 26.4 Å². The van der Waals surface area contributed by atoms with Crippen LogP contribution in [0.25, 0.3) is 22.3 Å². The van der Waals surface area contributed by atoms with Gasteiger partial charge in [-0.2, -0.15) is 17.9 Å². The Bertz CT molecular complexity index is 1470. The molecule has 37 heavy (non-hydrogen) atoms. The molecular weight excluding hydrogens is 512 g/mol. The van der Waals surface area contributed by atoms with E-state index in [1.54, 1.807) is 10.8 Å². The fourth-order valence-electron chi connectivity index (χ4n) is 5.14. The Morgan fingerprint density at radius 3 is 2.38 bits per heavy atom. The molecule has 5 rings (SSSR count). The lowest BCUT2D eigenvalue weighted by molar-refractivity contribution is -0.147. The average Bonchev–Trinajstić information content (AvgIpc) is 3.41. The van der Waals surface area contributed by atoms with Crippen LogP contribution in [0.2, 0.25) is 0 Å². The molecule has 2 fully saturated rings. The number of fused-ring (bicyclic) bond motifs is 1. The van der Waals surface area contributed by atoms with Crippen molar-refractivity contribution in [3.05, 3.63) is 47.4 Å². The predicted molar refractivity (Wildman–Crippen MR) is 129 cm³/mol. The molecule has 7 nitrogen and oxygen atoms in total. The van der Waals surface area contributed by atoms with Gasteiger partial charge in [-0.1, -0.05) is 12.8 Å². The number of aromatic nitrogens is 2. The van der Waals surface area contributed by atoms with Gasteiger partial charge in [-0.05, 0) is 68.4 Å². The highest BCUT2D eigenvalue weighted by atomic mass is 32.2. The predicted octanol–water partition coefficient (Wildman–Crippen LogP) is 5.16. The zero-order chi connectivity index (χ0) is 26.7. The minimum absolute atomic E-state index is 0.00243. The number of pyridine rings is 1. The molecule has 0 aliphatic heterocycles. The number of halogens is 4. The minimum atomic E-state index is -4.76. The maximum absolute atomic E-state index is 15.0. The zero-order valence-corrected chi connectivity index (χ0v) is 20.8. The molecule has 0 unspecified atom stereocenters. The Kier molecular flexibility index (Phi) is 6.30. The van der Waals surface area contributed by atoms with E-state index in [0.29, 0.717) is 29.1 Å². The number of sulfonamides is 1. The standard InChI is InChI=1S/C25H26F4N4O3S/c1-13(25(27,28)29)32-37(35,36)16-8-9-20(31-12-16)23-22(24(30)34)18-10-19(26)17(14-6-7-14)11-21(18)33(23)15-4-2-3-5-15/h8-15,32H,2-7H2,1H3,(H2,30,34)/t13-/m1/s1. The number of alkyl halides is 3. The van der Waals surface area contributed by atoms with E-state index < -0.39 is 38.9 Å². The lowest BCUT2D eigenvalue weighted by Crippen LogP contribution is -2.42. The van der Waals surface area contributed by atoms with E-state index in [1.807, 2.05) is 4.57 Å². The molecule has 198 valence electrons. The largest absolute Gasteiger partial charge is 0.404 e. The van der Waals surface area contributed by atoms with E-state index in [1.165, 1.54) is 12.1 Å². The molecule has 0 radical (unpaired) electrons. The summed E-state index contributed by atoms with van der Waals surface area (Å²) in [5.41, 5.74) is 7.67. The molecule has 0 spiro atoms. The number of amides is 1. The lowest BCUT2D eigenvalue weighted by Gasteiger charge is -2.19. The Hall–Kier alpha value is -2.99. The van der Waals surface area contributed by atoms with Crippen molar-refractivity contribution in [1.82, 2.24) is 14.3 Å². The summed E-state index contributed by atoms with van der Waals surface area (Å²) in [6.45, 7) is 0.702. The van der Waals surface area contributed by atoms with E-state index in [0.717, 1.165) is 50.8 Å². The second-order valence-corrected chi connectivity index (χ2v) is 11.5. The Labute approximate surface area is 211 Å². The first kappa shape index (κ1) is 25.7. The zero-order valence-electron chi connectivity index (χ0n) is 20.0. The van der Waals surface area contributed by atoms with Crippen LogP contribution in [-0.4, -0.2) is 36.1 Å². The highest BCUT2D eigenvalue weighted by molar-refractivity contribution is 7.89. The normalized spacial score (nSPS) is 18.0. The summed E-state index contributed by atoms with van der Waals surface area (Å²) in [6, 6.07) is 3.28. The van der Waals surface area contributed by atoms with Gasteiger partial charge in [0, 0.05) is 17.6 Å². The van der Waals surface area contributed by atoms with Crippen LogP contribution in [0.5, 0.6) is 0 Å². The molecule has 2 aliphatic rings. The molecule has 2 aliphatic carbocycles. The number of carbonyl (C=O) groups excluding carboxylic acids is 1. The maximum Gasteiger partial charge on any atom is 0.404 e. The van der Waals surface area contributed by atoms with Crippen molar-refractivity contribution in [1.29, 1.82) is 0 Å². The van der Waals surface area contributed by atoms with Crippen molar-refractivity contribution in [3.8, 4) is 11.4 Å². The van der Waals surface area contributed by atoms with Crippen LogP contribution in [0.1, 0.15) is 73.3 Å². The molecule has 12 heteroatoms. The Morgan fingerprint density at radius 1 is 1.16 bits per heavy atom.